The van der Waals surface area contributed by atoms with E-state index in [9.17, 15) is 9.59 Å². The van der Waals surface area contributed by atoms with Crippen LogP contribution in [0.2, 0.25) is 0 Å². The van der Waals surface area contributed by atoms with E-state index in [0.717, 1.165) is 18.8 Å². The van der Waals surface area contributed by atoms with Gasteiger partial charge in [0.25, 0.3) is 5.78 Å². The molecule has 0 aliphatic rings. The second-order valence-corrected chi connectivity index (χ2v) is 3.77. The van der Waals surface area contributed by atoms with Crippen LogP contribution in [-0.2, 0) is 9.53 Å². The molecule has 98 valence electrons. The van der Waals surface area contributed by atoms with Gasteiger partial charge < -0.3 is 9.64 Å². The van der Waals surface area contributed by atoms with Gasteiger partial charge in [0.1, 0.15) is 0 Å². The zero-order valence-corrected chi connectivity index (χ0v) is 11.1. The molecule has 0 N–H and O–H groups in total. The van der Waals surface area contributed by atoms with Crippen LogP contribution in [0.4, 0.5) is 5.69 Å². The summed E-state index contributed by atoms with van der Waals surface area (Å²) in [6.45, 7) is 7.69. The highest BCUT2D eigenvalue weighted by molar-refractivity contribution is 6.40. The number of nitrogens with zero attached hydrogens (tertiary/aromatic N) is 1. The average Bonchev–Trinajstić information content (AvgIpc) is 2.40. The zero-order chi connectivity index (χ0) is 13.5. The van der Waals surface area contributed by atoms with Gasteiger partial charge >= 0.3 is 5.97 Å². The molecule has 0 bridgehead atoms. The molecule has 0 unspecified atom stereocenters. The van der Waals surface area contributed by atoms with Gasteiger partial charge in [-0.1, -0.05) is 12.1 Å². The number of hydrogen-bond acceptors (Lipinski definition) is 4. The van der Waals surface area contributed by atoms with Crippen LogP contribution in [0.25, 0.3) is 0 Å². The molecule has 4 nitrogen and oxygen atoms in total. The first kappa shape index (κ1) is 14.2. The molecule has 0 aliphatic carbocycles. The molecule has 0 saturated heterocycles. The summed E-state index contributed by atoms with van der Waals surface area (Å²) in [5.74, 6) is -1.39. The Morgan fingerprint density at radius 2 is 1.83 bits per heavy atom. The molecule has 0 amide bonds. The van der Waals surface area contributed by atoms with E-state index in [2.05, 4.69) is 4.90 Å². The summed E-state index contributed by atoms with van der Waals surface area (Å²) in [7, 11) is 0. The van der Waals surface area contributed by atoms with Crippen molar-refractivity contribution in [2.45, 2.75) is 20.8 Å². The van der Waals surface area contributed by atoms with Gasteiger partial charge in [-0.3, -0.25) is 4.79 Å². The summed E-state index contributed by atoms with van der Waals surface area (Å²) in [5.41, 5.74) is 1.31. The predicted octanol–water partition coefficient (Wildman–Crippen LogP) is 2.28. The molecule has 1 rings (SSSR count). The number of anilines is 1. The Balaban J connectivity index is 2.94. The molecule has 0 radical (unpaired) electrons. The minimum atomic E-state index is -0.797. The fourth-order valence-corrected chi connectivity index (χ4v) is 1.75. The SMILES string of the molecule is CCOC(=O)C(=O)c1cccc(N(CC)CC)c1. The average molecular weight is 249 g/mol. The third kappa shape index (κ3) is 3.32. The number of Topliss-reactive ketones (excluding diaryl/α,β-unsaturated/α-hetero) is 1. The maximum Gasteiger partial charge on any atom is 0.379 e. The van der Waals surface area contributed by atoms with Gasteiger partial charge in [-0.15, -0.1) is 0 Å². The normalized spacial score (nSPS) is 9.94. The molecule has 1 aromatic rings. The third-order valence-corrected chi connectivity index (χ3v) is 2.70. The molecular weight excluding hydrogens is 230 g/mol. The van der Waals surface area contributed by atoms with E-state index in [4.69, 9.17) is 4.74 Å². The molecule has 18 heavy (non-hydrogen) atoms. The molecule has 0 aliphatic heterocycles. The maximum absolute atomic E-state index is 11.8. The van der Waals surface area contributed by atoms with Gasteiger partial charge in [-0.2, -0.15) is 0 Å². The second kappa shape index (κ2) is 6.79. The fourth-order valence-electron chi connectivity index (χ4n) is 1.75. The Kier molecular flexibility index (Phi) is 5.36. The number of rotatable bonds is 6. The Morgan fingerprint density at radius 1 is 1.17 bits per heavy atom. The van der Waals surface area contributed by atoms with Gasteiger partial charge in [0.2, 0.25) is 0 Å². The topological polar surface area (TPSA) is 46.6 Å². The van der Waals surface area contributed by atoms with Crippen LogP contribution in [0.1, 0.15) is 31.1 Å². The van der Waals surface area contributed by atoms with Gasteiger partial charge in [-0.05, 0) is 32.9 Å². The number of esters is 1. The number of carbonyl (C=O) groups is 2. The minimum Gasteiger partial charge on any atom is -0.460 e. The van der Waals surface area contributed by atoms with Crippen molar-refractivity contribution >= 4 is 17.4 Å². The monoisotopic (exact) mass is 249 g/mol. The lowest BCUT2D eigenvalue weighted by Gasteiger charge is -2.21. The van der Waals surface area contributed by atoms with Crippen molar-refractivity contribution in [3.05, 3.63) is 29.8 Å². The predicted molar refractivity (Wildman–Crippen MR) is 71.0 cm³/mol. The Bertz CT molecular complexity index is 425. The number of carbonyl (C=O) groups excluding carboxylic acids is 2. The molecule has 0 spiro atoms. The summed E-state index contributed by atoms with van der Waals surface area (Å²) in [4.78, 5) is 25.3. The Labute approximate surface area is 108 Å². The first-order valence-corrected chi connectivity index (χ1v) is 6.20. The van der Waals surface area contributed by atoms with Crippen LogP contribution in [0.3, 0.4) is 0 Å². The Hall–Kier alpha value is -1.84. The van der Waals surface area contributed by atoms with Gasteiger partial charge in [0.05, 0.1) is 6.61 Å². The number of ether oxygens (including phenoxy) is 1. The number of ketones is 1. The third-order valence-electron chi connectivity index (χ3n) is 2.70. The molecule has 0 fully saturated rings. The van der Waals surface area contributed by atoms with E-state index in [1.807, 2.05) is 19.9 Å². The van der Waals surface area contributed by atoms with Crippen LogP contribution in [0, 0.1) is 0 Å². The highest BCUT2D eigenvalue weighted by Crippen LogP contribution is 2.16. The molecule has 0 saturated carbocycles. The molecule has 4 heteroatoms. The summed E-state index contributed by atoms with van der Waals surface area (Å²) in [6, 6.07) is 7.06. The lowest BCUT2D eigenvalue weighted by atomic mass is 10.1. The molecule has 0 heterocycles. The van der Waals surface area contributed by atoms with Crippen molar-refractivity contribution in [2.24, 2.45) is 0 Å². The van der Waals surface area contributed by atoms with Crippen molar-refractivity contribution in [3.63, 3.8) is 0 Å². The van der Waals surface area contributed by atoms with E-state index in [-0.39, 0.29) is 6.61 Å². The first-order chi connectivity index (χ1) is 8.63. The second-order valence-electron chi connectivity index (χ2n) is 3.77. The van der Waals surface area contributed by atoms with Crippen molar-refractivity contribution in [2.75, 3.05) is 24.6 Å². The quantitative estimate of drug-likeness (QED) is 0.441. The van der Waals surface area contributed by atoms with Gasteiger partial charge in [0.15, 0.2) is 0 Å². The number of hydrogen-bond donors (Lipinski definition) is 0. The van der Waals surface area contributed by atoms with E-state index >= 15 is 0 Å². The van der Waals surface area contributed by atoms with Crippen LogP contribution in [0.5, 0.6) is 0 Å². The largest absolute Gasteiger partial charge is 0.460 e. The Morgan fingerprint density at radius 3 is 2.39 bits per heavy atom. The van der Waals surface area contributed by atoms with Crippen LogP contribution >= 0.6 is 0 Å². The minimum absolute atomic E-state index is 0.209. The van der Waals surface area contributed by atoms with E-state index in [0.29, 0.717) is 5.56 Å². The molecular formula is C14H19NO3. The smallest absolute Gasteiger partial charge is 0.379 e. The lowest BCUT2D eigenvalue weighted by molar-refractivity contribution is -0.137. The van der Waals surface area contributed by atoms with Crippen molar-refractivity contribution in [3.8, 4) is 0 Å². The van der Waals surface area contributed by atoms with Gasteiger partial charge in [0, 0.05) is 24.3 Å². The zero-order valence-electron chi connectivity index (χ0n) is 11.1. The summed E-state index contributed by atoms with van der Waals surface area (Å²) >= 11 is 0. The highest BCUT2D eigenvalue weighted by atomic mass is 16.5. The molecule has 0 aromatic heterocycles. The van der Waals surface area contributed by atoms with Crippen molar-refractivity contribution < 1.29 is 14.3 Å². The van der Waals surface area contributed by atoms with Gasteiger partial charge in [-0.25, -0.2) is 4.79 Å². The molecule has 1 aromatic carbocycles. The van der Waals surface area contributed by atoms with E-state index in [1.54, 1.807) is 25.1 Å². The van der Waals surface area contributed by atoms with Crippen LogP contribution in [-0.4, -0.2) is 31.4 Å². The van der Waals surface area contributed by atoms with Crippen molar-refractivity contribution in [1.29, 1.82) is 0 Å². The van der Waals surface area contributed by atoms with Crippen molar-refractivity contribution in [1.82, 2.24) is 0 Å². The van der Waals surface area contributed by atoms with Crippen LogP contribution in [0.15, 0.2) is 24.3 Å². The lowest BCUT2D eigenvalue weighted by Crippen LogP contribution is -2.23. The number of benzene rings is 1. The summed E-state index contributed by atoms with van der Waals surface area (Å²) in [5, 5.41) is 0. The molecule has 0 atom stereocenters. The maximum atomic E-state index is 11.8. The summed E-state index contributed by atoms with van der Waals surface area (Å²) < 4.78 is 4.71. The van der Waals surface area contributed by atoms with E-state index < -0.39 is 11.8 Å². The fraction of sp³-hybridized carbons (Fsp3) is 0.429. The first-order valence-electron chi connectivity index (χ1n) is 6.20. The van der Waals surface area contributed by atoms with Crippen LogP contribution < -0.4 is 4.90 Å². The van der Waals surface area contributed by atoms with E-state index in [1.165, 1.54) is 0 Å². The standard InChI is InChI=1S/C14H19NO3/c1-4-15(5-2)12-9-7-8-11(10-12)13(16)14(17)18-6-3/h7-10H,4-6H2,1-3H3. The highest BCUT2D eigenvalue weighted by Gasteiger charge is 2.18. The summed E-state index contributed by atoms with van der Waals surface area (Å²) in [6.07, 6.45) is 0.